The van der Waals surface area contributed by atoms with Crippen LogP contribution in [0.15, 0.2) is 77.7 Å². The van der Waals surface area contributed by atoms with Gasteiger partial charge in [0.2, 0.25) is 5.91 Å². The van der Waals surface area contributed by atoms with Crippen LogP contribution >= 0.6 is 0 Å². The van der Waals surface area contributed by atoms with Gasteiger partial charge < -0.3 is 13.9 Å². The maximum absolute atomic E-state index is 12.7. The Labute approximate surface area is 168 Å². The van der Waals surface area contributed by atoms with Crippen LogP contribution in [0.5, 0.6) is 0 Å². The molecule has 3 aromatic heterocycles. The Bertz CT molecular complexity index is 1170. The van der Waals surface area contributed by atoms with Gasteiger partial charge in [-0.15, -0.1) is 0 Å². The number of aryl methyl sites for hydroxylation is 1. The second-order valence-corrected chi connectivity index (χ2v) is 7.13. The monoisotopic (exact) mass is 384 g/mol. The molecular weight excluding hydrogens is 364 g/mol. The predicted molar refractivity (Wildman–Crippen MR) is 110 cm³/mol. The van der Waals surface area contributed by atoms with E-state index in [9.17, 15) is 4.79 Å². The summed E-state index contributed by atoms with van der Waals surface area (Å²) in [5.41, 5.74) is 4.20. The summed E-state index contributed by atoms with van der Waals surface area (Å²) in [4.78, 5) is 14.4. The first-order chi connectivity index (χ1) is 14.2. The Morgan fingerprint density at radius 2 is 1.86 bits per heavy atom. The average Bonchev–Trinajstić information content (AvgIpc) is 3.50. The summed E-state index contributed by atoms with van der Waals surface area (Å²) in [5.74, 6) is 1.58. The number of amides is 1. The third-order valence-electron chi connectivity index (χ3n) is 5.10. The molecule has 4 aromatic rings. The number of furan rings is 1. The zero-order valence-electron chi connectivity index (χ0n) is 16.0. The minimum Gasteiger partial charge on any atom is -0.465 e. The molecule has 1 aromatic carbocycles. The summed E-state index contributed by atoms with van der Waals surface area (Å²) in [6.07, 6.45) is 8.84. The van der Waals surface area contributed by atoms with Crippen molar-refractivity contribution in [3.8, 4) is 11.5 Å². The fourth-order valence-corrected chi connectivity index (χ4v) is 3.61. The fourth-order valence-electron chi connectivity index (χ4n) is 3.61. The van der Waals surface area contributed by atoms with Crippen LogP contribution in [-0.4, -0.2) is 25.2 Å². The van der Waals surface area contributed by atoms with E-state index in [1.54, 1.807) is 29.4 Å². The lowest BCUT2D eigenvalue weighted by Gasteiger charge is -2.16. The number of rotatable bonds is 4. The molecule has 6 nitrogen and oxygen atoms in total. The molecule has 1 amide bonds. The summed E-state index contributed by atoms with van der Waals surface area (Å²) in [7, 11) is 0. The van der Waals surface area contributed by atoms with Gasteiger partial charge in [-0.05, 0) is 49.4 Å². The van der Waals surface area contributed by atoms with Crippen LogP contribution in [0.25, 0.3) is 17.6 Å². The van der Waals surface area contributed by atoms with Gasteiger partial charge in [-0.1, -0.05) is 17.7 Å². The Hall–Kier alpha value is -3.80. The standard InChI is InChI=1S/C23H20N4O2/c1-17-6-8-18(9-7-17)27-23(25-12-2-3-13-25)20-15-26(16-21(20)24-27)22(28)11-10-19-5-4-14-29-19/h2-14H,15-16H2,1H3. The third kappa shape index (κ3) is 3.18. The topological polar surface area (TPSA) is 56.2 Å². The van der Waals surface area contributed by atoms with Crippen LogP contribution < -0.4 is 0 Å². The van der Waals surface area contributed by atoms with Gasteiger partial charge in [0.1, 0.15) is 11.6 Å². The van der Waals surface area contributed by atoms with Gasteiger partial charge in [0, 0.05) is 24.0 Å². The Balaban J connectivity index is 1.48. The van der Waals surface area contributed by atoms with Crippen LogP contribution in [0.2, 0.25) is 0 Å². The van der Waals surface area contributed by atoms with E-state index >= 15 is 0 Å². The first kappa shape index (κ1) is 17.3. The quantitative estimate of drug-likeness (QED) is 0.497. The van der Waals surface area contributed by atoms with E-state index in [0.717, 1.165) is 22.8 Å². The van der Waals surface area contributed by atoms with Crippen molar-refractivity contribution in [3.05, 3.63) is 95.8 Å². The van der Waals surface area contributed by atoms with Crippen molar-refractivity contribution in [2.24, 2.45) is 0 Å². The van der Waals surface area contributed by atoms with Crippen LogP contribution in [0.1, 0.15) is 22.6 Å². The Morgan fingerprint density at radius 3 is 2.59 bits per heavy atom. The van der Waals surface area contributed by atoms with Gasteiger partial charge in [-0.3, -0.25) is 4.79 Å². The number of aromatic nitrogens is 3. The first-order valence-corrected chi connectivity index (χ1v) is 9.51. The molecular formula is C23H20N4O2. The molecule has 1 aliphatic rings. The smallest absolute Gasteiger partial charge is 0.247 e. The number of fused-ring (bicyclic) bond motifs is 1. The number of hydrogen-bond acceptors (Lipinski definition) is 3. The zero-order valence-corrected chi connectivity index (χ0v) is 16.0. The molecule has 0 saturated carbocycles. The van der Waals surface area contributed by atoms with Gasteiger partial charge in [0.15, 0.2) is 0 Å². The van der Waals surface area contributed by atoms with Crippen molar-refractivity contribution < 1.29 is 9.21 Å². The van der Waals surface area contributed by atoms with Gasteiger partial charge in [-0.25, -0.2) is 4.68 Å². The molecule has 0 unspecified atom stereocenters. The number of hydrogen-bond donors (Lipinski definition) is 0. The number of nitrogens with zero attached hydrogens (tertiary/aromatic N) is 4. The molecule has 29 heavy (non-hydrogen) atoms. The summed E-state index contributed by atoms with van der Waals surface area (Å²) >= 11 is 0. The minimum absolute atomic E-state index is 0.0558. The molecule has 0 fully saturated rings. The van der Waals surface area contributed by atoms with Crippen molar-refractivity contribution in [3.63, 3.8) is 0 Å². The van der Waals surface area contributed by atoms with E-state index in [1.165, 1.54) is 5.56 Å². The van der Waals surface area contributed by atoms with Crippen LogP contribution in [0.3, 0.4) is 0 Å². The van der Waals surface area contributed by atoms with E-state index in [4.69, 9.17) is 9.52 Å². The largest absolute Gasteiger partial charge is 0.465 e. The molecule has 0 saturated heterocycles. The molecule has 144 valence electrons. The van der Waals surface area contributed by atoms with E-state index in [0.29, 0.717) is 18.8 Å². The Kier molecular flexibility index (Phi) is 4.17. The second-order valence-electron chi connectivity index (χ2n) is 7.13. The van der Waals surface area contributed by atoms with Crippen LogP contribution in [0.4, 0.5) is 0 Å². The summed E-state index contributed by atoms with van der Waals surface area (Å²) < 4.78 is 9.27. The molecule has 0 aliphatic carbocycles. The van der Waals surface area contributed by atoms with E-state index in [1.807, 2.05) is 35.3 Å². The molecule has 1 aliphatic heterocycles. The summed E-state index contributed by atoms with van der Waals surface area (Å²) in [6, 6.07) is 15.9. The normalized spacial score (nSPS) is 13.3. The van der Waals surface area contributed by atoms with Crippen LogP contribution in [-0.2, 0) is 17.9 Å². The number of carbonyl (C=O) groups excluding carboxylic acids is 1. The zero-order chi connectivity index (χ0) is 19.8. The van der Waals surface area contributed by atoms with Crippen LogP contribution in [0, 0.1) is 6.92 Å². The molecule has 4 heterocycles. The lowest BCUT2D eigenvalue weighted by Crippen LogP contribution is -2.24. The van der Waals surface area contributed by atoms with Crippen molar-refractivity contribution in [1.82, 2.24) is 19.2 Å². The number of benzene rings is 1. The minimum atomic E-state index is -0.0558. The molecule has 0 N–H and O–H groups in total. The van der Waals surface area contributed by atoms with Crippen molar-refractivity contribution in [1.29, 1.82) is 0 Å². The maximum atomic E-state index is 12.7. The highest BCUT2D eigenvalue weighted by Crippen LogP contribution is 2.30. The molecule has 0 bridgehead atoms. The van der Waals surface area contributed by atoms with Gasteiger partial charge in [-0.2, -0.15) is 5.10 Å². The van der Waals surface area contributed by atoms with E-state index in [-0.39, 0.29) is 5.91 Å². The Morgan fingerprint density at radius 1 is 1.07 bits per heavy atom. The van der Waals surface area contributed by atoms with Crippen molar-refractivity contribution in [2.75, 3.05) is 0 Å². The highest BCUT2D eigenvalue weighted by atomic mass is 16.3. The average molecular weight is 384 g/mol. The van der Waals surface area contributed by atoms with Gasteiger partial charge in [0.25, 0.3) is 0 Å². The van der Waals surface area contributed by atoms with E-state index < -0.39 is 0 Å². The SMILES string of the molecule is Cc1ccc(-n2nc3c(c2-n2cccc2)CN(C(=O)C=Cc2ccco2)C3)cc1. The molecule has 0 atom stereocenters. The highest BCUT2D eigenvalue weighted by molar-refractivity contribution is 5.91. The lowest BCUT2D eigenvalue weighted by molar-refractivity contribution is -0.126. The first-order valence-electron chi connectivity index (χ1n) is 9.51. The molecule has 0 spiro atoms. The molecule has 5 rings (SSSR count). The van der Waals surface area contributed by atoms with Gasteiger partial charge in [0.05, 0.1) is 30.7 Å². The number of carbonyl (C=O) groups is 1. The second kappa shape index (κ2) is 6.98. The highest BCUT2D eigenvalue weighted by Gasteiger charge is 2.30. The van der Waals surface area contributed by atoms with Gasteiger partial charge >= 0.3 is 0 Å². The van der Waals surface area contributed by atoms with Crippen molar-refractivity contribution in [2.45, 2.75) is 20.0 Å². The molecule has 6 heteroatoms. The van der Waals surface area contributed by atoms with Crippen molar-refractivity contribution >= 4 is 12.0 Å². The summed E-state index contributed by atoms with van der Waals surface area (Å²) in [6.45, 7) is 3.08. The third-order valence-corrected chi connectivity index (χ3v) is 5.10. The fraction of sp³-hybridized carbons (Fsp3) is 0.130. The van der Waals surface area contributed by atoms with E-state index in [2.05, 4.69) is 35.8 Å². The summed E-state index contributed by atoms with van der Waals surface area (Å²) in [5, 5.41) is 4.85. The lowest BCUT2D eigenvalue weighted by atomic mass is 10.2. The predicted octanol–water partition coefficient (Wildman–Crippen LogP) is 4.12. The maximum Gasteiger partial charge on any atom is 0.247 e. The molecule has 0 radical (unpaired) electrons.